The van der Waals surface area contributed by atoms with E-state index in [1.807, 2.05) is 48.5 Å². The zero-order valence-electron chi connectivity index (χ0n) is 14.9. The summed E-state index contributed by atoms with van der Waals surface area (Å²) in [5.74, 6) is -10.1. The van der Waals surface area contributed by atoms with Gasteiger partial charge in [0, 0.05) is 13.0 Å². The average Bonchev–Trinajstić information content (AvgIpc) is 3.33. The summed E-state index contributed by atoms with van der Waals surface area (Å²) >= 11 is 0. The molecule has 0 spiro atoms. The standard InChI is InChI=1S/C22H13F5N2/c23-17-18(24)20(26)22(21(27)19(17)25)29-10-9-15(28-29)16-13-7-3-1-5-11(13)12-6-2-4-8-14(12)16/h1-8,16H,9-10H2. The summed E-state index contributed by atoms with van der Waals surface area (Å²) in [6, 6.07) is 15.6. The first-order valence-corrected chi connectivity index (χ1v) is 9.03. The highest BCUT2D eigenvalue weighted by Crippen LogP contribution is 2.46. The molecule has 29 heavy (non-hydrogen) atoms. The van der Waals surface area contributed by atoms with Crippen LogP contribution in [0.4, 0.5) is 27.6 Å². The van der Waals surface area contributed by atoms with Gasteiger partial charge < -0.3 is 0 Å². The summed E-state index contributed by atoms with van der Waals surface area (Å²) in [7, 11) is 0. The molecular formula is C22H13F5N2. The van der Waals surface area contributed by atoms with Crippen LogP contribution in [0.3, 0.4) is 0 Å². The Kier molecular flexibility index (Phi) is 3.94. The lowest BCUT2D eigenvalue weighted by atomic mass is 9.91. The van der Waals surface area contributed by atoms with Gasteiger partial charge in [-0.3, -0.25) is 5.01 Å². The second-order valence-electron chi connectivity index (χ2n) is 6.99. The van der Waals surface area contributed by atoms with Gasteiger partial charge >= 0.3 is 0 Å². The largest absolute Gasteiger partial charge is 0.259 e. The van der Waals surface area contributed by atoms with Gasteiger partial charge in [-0.05, 0) is 22.3 Å². The summed E-state index contributed by atoms with van der Waals surface area (Å²) in [5, 5.41) is 5.16. The molecule has 146 valence electrons. The first-order valence-electron chi connectivity index (χ1n) is 9.03. The average molecular weight is 400 g/mol. The summed E-state index contributed by atoms with van der Waals surface area (Å²) in [6.07, 6.45) is 0.340. The van der Waals surface area contributed by atoms with Gasteiger partial charge in [-0.1, -0.05) is 48.5 Å². The number of nitrogens with zero attached hydrogens (tertiary/aromatic N) is 2. The van der Waals surface area contributed by atoms with Crippen LogP contribution in [0.1, 0.15) is 23.5 Å². The third-order valence-corrected chi connectivity index (χ3v) is 5.44. The number of hydrazone groups is 1. The van der Waals surface area contributed by atoms with E-state index >= 15 is 0 Å². The number of halogens is 5. The van der Waals surface area contributed by atoms with Crippen molar-refractivity contribution in [1.29, 1.82) is 0 Å². The number of rotatable bonds is 2. The number of hydrogen-bond acceptors (Lipinski definition) is 2. The molecule has 1 heterocycles. The Morgan fingerprint density at radius 1 is 0.690 bits per heavy atom. The molecule has 2 aliphatic rings. The minimum absolute atomic E-state index is 0.0223. The lowest BCUT2D eigenvalue weighted by molar-refractivity contribution is 0.378. The summed E-state index contributed by atoms with van der Waals surface area (Å²) in [5.41, 5.74) is 3.71. The lowest BCUT2D eigenvalue weighted by Crippen LogP contribution is -2.18. The number of fused-ring (bicyclic) bond motifs is 3. The van der Waals surface area contributed by atoms with E-state index in [0.29, 0.717) is 12.1 Å². The van der Waals surface area contributed by atoms with Crippen LogP contribution in [0.5, 0.6) is 0 Å². The van der Waals surface area contributed by atoms with Gasteiger partial charge in [0.25, 0.3) is 0 Å². The van der Waals surface area contributed by atoms with E-state index in [2.05, 4.69) is 5.10 Å². The van der Waals surface area contributed by atoms with E-state index in [1.165, 1.54) is 0 Å². The van der Waals surface area contributed by atoms with Gasteiger partial charge in [0.2, 0.25) is 5.82 Å². The summed E-state index contributed by atoms with van der Waals surface area (Å²) in [6.45, 7) is 0.0223. The van der Waals surface area contributed by atoms with Gasteiger partial charge in [-0.25, -0.2) is 22.0 Å². The van der Waals surface area contributed by atoms with Crippen LogP contribution in [-0.4, -0.2) is 12.3 Å². The molecule has 0 bridgehead atoms. The molecule has 1 aliphatic carbocycles. The van der Waals surface area contributed by atoms with Gasteiger partial charge in [0.15, 0.2) is 23.3 Å². The van der Waals surface area contributed by atoms with Gasteiger partial charge in [0.1, 0.15) is 5.69 Å². The molecule has 3 aromatic rings. The Morgan fingerprint density at radius 2 is 1.17 bits per heavy atom. The van der Waals surface area contributed by atoms with E-state index in [4.69, 9.17) is 0 Å². The Morgan fingerprint density at radius 3 is 1.72 bits per heavy atom. The lowest BCUT2D eigenvalue weighted by Gasteiger charge is -2.17. The molecule has 3 aromatic carbocycles. The smallest absolute Gasteiger partial charge is 0.200 e. The van der Waals surface area contributed by atoms with Gasteiger partial charge in [0.05, 0.1) is 11.6 Å². The fourth-order valence-corrected chi connectivity index (χ4v) is 4.17. The molecule has 0 atom stereocenters. The molecule has 0 amide bonds. The third-order valence-electron chi connectivity index (χ3n) is 5.44. The molecule has 0 unspecified atom stereocenters. The maximum atomic E-state index is 14.2. The molecular weight excluding hydrogens is 387 g/mol. The number of benzene rings is 3. The van der Waals surface area contributed by atoms with E-state index in [-0.39, 0.29) is 12.5 Å². The van der Waals surface area contributed by atoms with Crippen LogP contribution in [0.15, 0.2) is 53.6 Å². The van der Waals surface area contributed by atoms with Crippen molar-refractivity contribution in [2.75, 3.05) is 11.6 Å². The Bertz CT molecular complexity index is 1110. The number of hydrogen-bond donors (Lipinski definition) is 0. The fourth-order valence-electron chi connectivity index (χ4n) is 4.17. The Hall–Kier alpha value is -3.22. The summed E-state index contributed by atoms with van der Waals surface area (Å²) < 4.78 is 69.0. The van der Waals surface area contributed by atoms with Crippen molar-refractivity contribution in [3.8, 4) is 11.1 Å². The first-order chi connectivity index (χ1) is 14.0. The Balaban J connectivity index is 1.62. The third kappa shape index (κ3) is 2.50. The maximum Gasteiger partial charge on any atom is 0.200 e. The van der Waals surface area contributed by atoms with E-state index in [1.54, 1.807) is 0 Å². The van der Waals surface area contributed by atoms with Crippen molar-refractivity contribution >= 4 is 11.4 Å². The molecule has 0 saturated heterocycles. The quantitative estimate of drug-likeness (QED) is 0.303. The normalized spacial score (nSPS) is 15.5. The fraction of sp³-hybridized carbons (Fsp3) is 0.136. The topological polar surface area (TPSA) is 15.6 Å². The second-order valence-corrected chi connectivity index (χ2v) is 6.99. The molecule has 5 rings (SSSR count). The highest BCUT2D eigenvalue weighted by atomic mass is 19.2. The van der Waals surface area contributed by atoms with Gasteiger partial charge in [-0.2, -0.15) is 5.10 Å². The Labute approximate surface area is 162 Å². The molecule has 0 saturated carbocycles. The molecule has 7 heteroatoms. The van der Waals surface area contributed by atoms with Crippen LogP contribution in [0.25, 0.3) is 11.1 Å². The molecule has 0 N–H and O–H groups in total. The van der Waals surface area contributed by atoms with Crippen molar-refractivity contribution in [2.24, 2.45) is 5.10 Å². The monoisotopic (exact) mass is 400 g/mol. The molecule has 0 radical (unpaired) electrons. The highest BCUT2D eigenvalue weighted by Gasteiger charge is 2.36. The van der Waals surface area contributed by atoms with Crippen LogP contribution in [-0.2, 0) is 0 Å². The van der Waals surface area contributed by atoms with Crippen LogP contribution in [0, 0.1) is 29.1 Å². The van der Waals surface area contributed by atoms with Crippen LogP contribution >= 0.6 is 0 Å². The zero-order chi connectivity index (χ0) is 20.3. The SMILES string of the molecule is Fc1c(F)c(F)c(N2CCC(C3c4ccccc4-c4ccccc43)=N2)c(F)c1F. The predicted molar refractivity (Wildman–Crippen MR) is 99.4 cm³/mol. The van der Waals surface area contributed by atoms with Crippen molar-refractivity contribution in [1.82, 2.24) is 0 Å². The predicted octanol–water partition coefficient (Wildman–Crippen LogP) is 5.76. The van der Waals surface area contributed by atoms with E-state index < -0.39 is 34.8 Å². The maximum absolute atomic E-state index is 14.2. The minimum Gasteiger partial charge on any atom is -0.259 e. The van der Waals surface area contributed by atoms with Crippen molar-refractivity contribution in [3.05, 3.63) is 88.7 Å². The van der Waals surface area contributed by atoms with E-state index in [0.717, 1.165) is 27.3 Å². The van der Waals surface area contributed by atoms with Gasteiger partial charge in [-0.15, -0.1) is 0 Å². The van der Waals surface area contributed by atoms with E-state index in [9.17, 15) is 22.0 Å². The molecule has 1 aliphatic heterocycles. The van der Waals surface area contributed by atoms with Crippen molar-refractivity contribution < 1.29 is 22.0 Å². The minimum atomic E-state index is -2.18. The zero-order valence-corrected chi connectivity index (χ0v) is 14.9. The molecule has 2 nitrogen and oxygen atoms in total. The molecule has 0 fully saturated rings. The molecule has 0 aromatic heterocycles. The highest BCUT2D eigenvalue weighted by molar-refractivity contribution is 6.02. The van der Waals surface area contributed by atoms with Crippen molar-refractivity contribution in [2.45, 2.75) is 12.3 Å². The van der Waals surface area contributed by atoms with Crippen LogP contribution < -0.4 is 5.01 Å². The second kappa shape index (κ2) is 6.40. The first kappa shape index (κ1) is 17.8. The number of anilines is 1. The summed E-state index contributed by atoms with van der Waals surface area (Å²) in [4.78, 5) is 0. The van der Waals surface area contributed by atoms with Crippen molar-refractivity contribution in [3.63, 3.8) is 0 Å². The van der Waals surface area contributed by atoms with Crippen LogP contribution in [0.2, 0.25) is 0 Å².